The van der Waals surface area contributed by atoms with Crippen LogP contribution in [0.15, 0.2) is 60.9 Å². The first-order chi connectivity index (χ1) is 15.6. The number of aliphatic carboxylic acids is 1. The number of fused-ring (bicyclic) bond motifs is 1. The number of pyridine rings is 1. The van der Waals surface area contributed by atoms with Gasteiger partial charge in [-0.25, -0.2) is 4.52 Å². The van der Waals surface area contributed by atoms with Crippen LogP contribution < -0.4 is 0 Å². The Morgan fingerprint density at radius 1 is 1.09 bits per heavy atom. The van der Waals surface area contributed by atoms with Gasteiger partial charge >= 0.3 is 5.97 Å². The van der Waals surface area contributed by atoms with Crippen LogP contribution in [-0.4, -0.2) is 25.7 Å². The lowest BCUT2D eigenvalue weighted by Gasteiger charge is -2.17. The average Bonchev–Trinajstić information content (AvgIpc) is 3.20. The number of carbonyl (C=O) groups is 1. The minimum atomic E-state index is -0.834. The van der Waals surface area contributed by atoms with E-state index in [4.69, 9.17) is 9.84 Å². The van der Waals surface area contributed by atoms with Gasteiger partial charge in [-0.1, -0.05) is 37.3 Å². The summed E-state index contributed by atoms with van der Waals surface area (Å²) < 4.78 is 7.99. The zero-order chi connectivity index (χ0) is 22.5. The Labute approximate surface area is 187 Å². The summed E-state index contributed by atoms with van der Waals surface area (Å²) in [5, 5.41) is 14.3. The summed E-state index contributed by atoms with van der Waals surface area (Å²) in [7, 11) is 0. The van der Waals surface area contributed by atoms with Crippen molar-refractivity contribution in [2.24, 2.45) is 0 Å². The van der Waals surface area contributed by atoms with Crippen LogP contribution in [0, 0.1) is 6.92 Å². The number of carboxylic acid groups (broad SMARTS) is 1. The highest BCUT2D eigenvalue weighted by molar-refractivity contribution is 5.84. The monoisotopic (exact) mass is 429 g/mol. The summed E-state index contributed by atoms with van der Waals surface area (Å²) in [6.45, 7) is 4.87. The highest BCUT2D eigenvalue weighted by Gasteiger charge is 2.20. The molecule has 4 rings (SSSR count). The third-order valence-electron chi connectivity index (χ3n) is 5.53. The summed E-state index contributed by atoms with van der Waals surface area (Å²) >= 11 is 0. The number of ether oxygens (including phenoxy) is 1. The highest BCUT2D eigenvalue weighted by atomic mass is 16.5. The first-order valence-electron chi connectivity index (χ1n) is 10.8. The van der Waals surface area contributed by atoms with Gasteiger partial charge in [0.25, 0.3) is 0 Å². The Morgan fingerprint density at radius 3 is 2.62 bits per heavy atom. The molecule has 0 fully saturated rings. The summed E-state index contributed by atoms with van der Waals surface area (Å²) in [4.78, 5) is 15.8. The van der Waals surface area contributed by atoms with Crippen LogP contribution in [0.1, 0.15) is 41.4 Å². The third kappa shape index (κ3) is 4.70. The van der Waals surface area contributed by atoms with Gasteiger partial charge in [-0.15, -0.1) is 0 Å². The lowest BCUT2D eigenvalue weighted by atomic mass is 9.95. The van der Waals surface area contributed by atoms with E-state index in [-0.39, 0.29) is 6.42 Å². The van der Waals surface area contributed by atoms with Crippen LogP contribution in [0.25, 0.3) is 16.6 Å². The van der Waals surface area contributed by atoms with Crippen LogP contribution in [0.3, 0.4) is 0 Å². The first kappa shape index (κ1) is 21.7. The predicted molar refractivity (Wildman–Crippen MR) is 123 cm³/mol. The predicted octanol–water partition coefficient (Wildman–Crippen LogP) is 5.00. The largest absolute Gasteiger partial charge is 0.481 e. The molecule has 1 aromatic carbocycles. The van der Waals surface area contributed by atoms with Gasteiger partial charge in [-0.05, 0) is 54.7 Å². The quantitative estimate of drug-likeness (QED) is 0.405. The molecular weight excluding hydrogens is 402 g/mol. The molecule has 0 aliphatic carbocycles. The number of hydrogen-bond donors (Lipinski definition) is 1. The molecule has 0 saturated carbocycles. The Balaban J connectivity index is 1.82. The molecule has 1 N–H and O–H groups in total. The van der Waals surface area contributed by atoms with E-state index in [0.717, 1.165) is 51.1 Å². The average molecular weight is 430 g/mol. The Morgan fingerprint density at radius 2 is 1.91 bits per heavy atom. The Bertz CT molecular complexity index is 1230. The number of rotatable bonds is 9. The minimum Gasteiger partial charge on any atom is -0.481 e. The third-order valence-corrected chi connectivity index (χ3v) is 5.53. The van der Waals surface area contributed by atoms with Crippen molar-refractivity contribution in [1.82, 2.24) is 14.6 Å². The van der Waals surface area contributed by atoms with Crippen LogP contribution in [0.5, 0.6) is 0 Å². The fraction of sp³-hybridized carbons (Fsp3) is 0.269. The minimum absolute atomic E-state index is 0.0249. The zero-order valence-electron chi connectivity index (χ0n) is 18.4. The fourth-order valence-electron chi connectivity index (χ4n) is 4.00. The molecule has 0 atom stereocenters. The number of hydrogen-bond acceptors (Lipinski definition) is 4. The highest BCUT2D eigenvalue weighted by Crippen LogP contribution is 2.33. The standard InChI is InChI=1S/C26H27N3O3/c1-3-21-9-11-24-26(20-13-18(2)14-27-15-20)22(10-12-25(30)31)23(28-29(21)24)17-32-16-19-7-5-4-6-8-19/h4-9,11,13-15H,3,10,12,16-17H2,1-2H3,(H,30,31). The van der Waals surface area contributed by atoms with Crippen molar-refractivity contribution in [2.45, 2.75) is 46.3 Å². The number of aromatic nitrogens is 3. The van der Waals surface area contributed by atoms with Crippen molar-refractivity contribution >= 4 is 11.5 Å². The maximum atomic E-state index is 11.4. The number of benzene rings is 1. The van der Waals surface area contributed by atoms with Gasteiger partial charge in [0.1, 0.15) is 0 Å². The molecule has 0 radical (unpaired) electrons. The fourth-order valence-corrected chi connectivity index (χ4v) is 4.00. The van der Waals surface area contributed by atoms with E-state index in [2.05, 4.69) is 30.1 Å². The van der Waals surface area contributed by atoms with E-state index in [1.54, 1.807) is 0 Å². The maximum absolute atomic E-state index is 11.4. The lowest BCUT2D eigenvalue weighted by molar-refractivity contribution is -0.136. The van der Waals surface area contributed by atoms with E-state index in [0.29, 0.717) is 19.6 Å². The normalized spacial score (nSPS) is 11.2. The van der Waals surface area contributed by atoms with Crippen molar-refractivity contribution in [3.8, 4) is 11.1 Å². The molecule has 0 unspecified atom stereocenters. The molecule has 0 bridgehead atoms. The van der Waals surface area contributed by atoms with Gasteiger partial charge in [0, 0.05) is 35.6 Å². The van der Waals surface area contributed by atoms with Crippen LogP contribution in [0.4, 0.5) is 0 Å². The van der Waals surface area contributed by atoms with Crippen molar-refractivity contribution < 1.29 is 14.6 Å². The molecule has 0 spiro atoms. The van der Waals surface area contributed by atoms with Crippen LogP contribution >= 0.6 is 0 Å². The van der Waals surface area contributed by atoms with Gasteiger partial charge in [-0.2, -0.15) is 5.10 Å². The lowest BCUT2D eigenvalue weighted by Crippen LogP contribution is -2.11. The van der Waals surface area contributed by atoms with E-state index in [9.17, 15) is 9.90 Å². The molecule has 32 heavy (non-hydrogen) atoms. The van der Waals surface area contributed by atoms with Crippen molar-refractivity contribution in [2.75, 3.05) is 0 Å². The molecule has 164 valence electrons. The first-order valence-corrected chi connectivity index (χ1v) is 10.8. The van der Waals surface area contributed by atoms with Crippen molar-refractivity contribution in [3.05, 3.63) is 89.0 Å². The summed E-state index contributed by atoms with van der Waals surface area (Å²) in [6, 6.07) is 16.2. The summed E-state index contributed by atoms with van der Waals surface area (Å²) in [5.74, 6) is -0.834. The molecule has 0 amide bonds. The van der Waals surface area contributed by atoms with Crippen molar-refractivity contribution in [3.63, 3.8) is 0 Å². The molecule has 0 aliphatic rings. The maximum Gasteiger partial charge on any atom is 0.303 e. The number of nitrogens with zero attached hydrogens (tertiary/aromatic N) is 3. The molecule has 4 aromatic rings. The molecular formula is C26H27N3O3. The smallest absolute Gasteiger partial charge is 0.303 e. The van der Waals surface area contributed by atoms with Gasteiger partial charge in [-0.3, -0.25) is 9.78 Å². The second-order valence-corrected chi connectivity index (χ2v) is 7.90. The van der Waals surface area contributed by atoms with Gasteiger partial charge in [0.05, 0.1) is 24.4 Å². The van der Waals surface area contributed by atoms with E-state index in [1.807, 2.05) is 54.2 Å². The van der Waals surface area contributed by atoms with E-state index >= 15 is 0 Å². The molecule has 3 heterocycles. The number of aryl methyl sites for hydroxylation is 2. The molecule has 0 aliphatic heterocycles. The zero-order valence-corrected chi connectivity index (χ0v) is 18.4. The molecule has 6 nitrogen and oxygen atoms in total. The van der Waals surface area contributed by atoms with Gasteiger partial charge in [0.15, 0.2) is 0 Å². The van der Waals surface area contributed by atoms with E-state index in [1.165, 1.54) is 0 Å². The van der Waals surface area contributed by atoms with Crippen molar-refractivity contribution in [1.29, 1.82) is 0 Å². The van der Waals surface area contributed by atoms with Crippen LogP contribution in [0.2, 0.25) is 0 Å². The van der Waals surface area contributed by atoms with Crippen LogP contribution in [-0.2, 0) is 35.6 Å². The molecule has 6 heteroatoms. The molecule has 0 saturated heterocycles. The van der Waals surface area contributed by atoms with Gasteiger partial charge < -0.3 is 9.84 Å². The second-order valence-electron chi connectivity index (χ2n) is 7.90. The summed E-state index contributed by atoms with van der Waals surface area (Å²) in [5.41, 5.74) is 7.79. The SMILES string of the molecule is CCc1ccc2c(-c3cncc(C)c3)c(CCC(=O)O)c(COCc3ccccc3)nn12. The Kier molecular flexibility index (Phi) is 6.61. The van der Waals surface area contributed by atoms with E-state index < -0.39 is 5.97 Å². The topological polar surface area (TPSA) is 76.7 Å². The number of carboxylic acids is 1. The Hall–Kier alpha value is -3.51. The summed E-state index contributed by atoms with van der Waals surface area (Å²) in [6.07, 6.45) is 4.89. The molecule has 3 aromatic heterocycles. The van der Waals surface area contributed by atoms with Gasteiger partial charge in [0.2, 0.25) is 0 Å². The second kappa shape index (κ2) is 9.75.